The van der Waals surface area contributed by atoms with Crippen molar-refractivity contribution in [3.8, 4) is 17.1 Å². The lowest BCUT2D eigenvalue weighted by molar-refractivity contribution is 0.414. The smallest absolute Gasteiger partial charge is 0.161 e. The number of ether oxygens (including phenoxy) is 1. The highest BCUT2D eigenvalue weighted by molar-refractivity contribution is 6.30. The molecule has 1 N–H and O–H groups in total. The molecule has 5 heteroatoms. The fourth-order valence-electron chi connectivity index (χ4n) is 3.49. The van der Waals surface area contributed by atoms with Gasteiger partial charge in [-0.3, -0.25) is 0 Å². The molecule has 2 aromatic carbocycles. The van der Waals surface area contributed by atoms with Crippen LogP contribution < -0.4 is 10.1 Å². The van der Waals surface area contributed by atoms with E-state index < -0.39 is 0 Å². The number of hydrogen-bond donors (Lipinski definition) is 1. The predicted octanol–water partition coefficient (Wildman–Crippen LogP) is 4.95. The highest BCUT2D eigenvalue weighted by Gasteiger charge is 2.19. The van der Waals surface area contributed by atoms with Crippen molar-refractivity contribution in [1.29, 1.82) is 0 Å². The maximum absolute atomic E-state index is 6.15. The molecule has 138 valence electrons. The SMILES string of the molecule is COc1cccc(CCNc2nc(-c3cccc(Cl)c3)nc3c2CCC3)c1. The maximum atomic E-state index is 6.15. The zero-order valence-electron chi connectivity index (χ0n) is 15.3. The minimum Gasteiger partial charge on any atom is -0.497 e. The molecule has 1 aliphatic carbocycles. The van der Waals surface area contributed by atoms with Crippen LogP contribution in [0.1, 0.15) is 23.2 Å². The van der Waals surface area contributed by atoms with Crippen LogP contribution in [0.2, 0.25) is 5.02 Å². The first-order valence-corrected chi connectivity index (χ1v) is 9.63. The van der Waals surface area contributed by atoms with E-state index in [1.807, 2.05) is 36.4 Å². The first-order valence-electron chi connectivity index (χ1n) is 9.25. The number of rotatable bonds is 6. The number of methoxy groups -OCH3 is 1. The molecule has 0 unspecified atom stereocenters. The van der Waals surface area contributed by atoms with E-state index in [2.05, 4.69) is 17.4 Å². The highest BCUT2D eigenvalue weighted by Crippen LogP contribution is 2.30. The molecule has 0 fully saturated rings. The molecule has 0 spiro atoms. The van der Waals surface area contributed by atoms with Gasteiger partial charge >= 0.3 is 0 Å². The van der Waals surface area contributed by atoms with Crippen molar-refractivity contribution in [2.45, 2.75) is 25.7 Å². The first kappa shape index (κ1) is 17.8. The fraction of sp³-hybridized carbons (Fsp3) is 0.273. The van der Waals surface area contributed by atoms with Crippen molar-refractivity contribution >= 4 is 17.4 Å². The van der Waals surface area contributed by atoms with Crippen LogP contribution in [0, 0.1) is 0 Å². The van der Waals surface area contributed by atoms with Gasteiger partial charge in [0.25, 0.3) is 0 Å². The molecule has 0 atom stereocenters. The van der Waals surface area contributed by atoms with E-state index in [1.54, 1.807) is 7.11 Å². The van der Waals surface area contributed by atoms with E-state index in [1.165, 1.54) is 11.1 Å². The first-order chi connectivity index (χ1) is 13.2. The molecule has 0 bridgehead atoms. The number of nitrogens with zero attached hydrogens (tertiary/aromatic N) is 2. The number of halogens is 1. The highest BCUT2D eigenvalue weighted by atomic mass is 35.5. The van der Waals surface area contributed by atoms with Crippen molar-refractivity contribution in [2.75, 3.05) is 19.0 Å². The van der Waals surface area contributed by atoms with E-state index in [-0.39, 0.29) is 0 Å². The monoisotopic (exact) mass is 379 g/mol. The molecule has 0 saturated carbocycles. The zero-order chi connectivity index (χ0) is 18.6. The third-order valence-electron chi connectivity index (χ3n) is 4.86. The van der Waals surface area contributed by atoms with E-state index in [4.69, 9.17) is 26.3 Å². The van der Waals surface area contributed by atoms with Gasteiger partial charge < -0.3 is 10.1 Å². The number of fused-ring (bicyclic) bond motifs is 1. The average molecular weight is 380 g/mol. The summed E-state index contributed by atoms with van der Waals surface area (Å²) in [6.07, 6.45) is 4.08. The number of aromatic nitrogens is 2. The summed E-state index contributed by atoms with van der Waals surface area (Å²) in [5.74, 6) is 2.58. The number of aryl methyl sites for hydroxylation is 1. The van der Waals surface area contributed by atoms with E-state index in [0.717, 1.165) is 60.9 Å². The van der Waals surface area contributed by atoms with Crippen molar-refractivity contribution < 1.29 is 4.74 Å². The van der Waals surface area contributed by atoms with Crippen molar-refractivity contribution in [1.82, 2.24) is 9.97 Å². The van der Waals surface area contributed by atoms with Crippen LogP contribution in [-0.4, -0.2) is 23.6 Å². The zero-order valence-corrected chi connectivity index (χ0v) is 16.1. The Labute approximate surface area is 164 Å². The molecule has 27 heavy (non-hydrogen) atoms. The number of nitrogens with one attached hydrogen (secondary N) is 1. The average Bonchev–Trinajstić information content (AvgIpc) is 3.17. The summed E-state index contributed by atoms with van der Waals surface area (Å²) in [6, 6.07) is 15.9. The normalized spacial score (nSPS) is 12.7. The topological polar surface area (TPSA) is 47.0 Å². The van der Waals surface area contributed by atoms with Gasteiger partial charge in [0, 0.05) is 28.4 Å². The Kier molecular flexibility index (Phi) is 5.26. The standard InChI is InChI=1S/C22H22ClN3O/c1-27-18-8-2-5-15(13-18)11-12-24-22-19-9-4-10-20(19)25-21(26-22)16-6-3-7-17(23)14-16/h2-3,5-8,13-14H,4,9-12H2,1H3,(H,24,25,26). The Hall–Kier alpha value is -2.59. The van der Waals surface area contributed by atoms with Crippen molar-refractivity contribution in [2.24, 2.45) is 0 Å². The molecule has 4 rings (SSSR count). The summed E-state index contributed by atoms with van der Waals surface area (Å²) < 4.78 is 5.30. The van der Waals surface area contributed by atoms with Gasteiger partial charge in [-0.15, -0.1) is 0 Å². The van der Waals surface area contributed by atoms with Gasteiger partial charge in [-0.1, -0.05) is 35.9 Å². The van der Waals surface area contributed by atoms with Crippen LogP contribution in [-0.2, 0) is 19.3 Å². The van der Waals surface area contributed by atoms with Crippen LogP contribution in [0.3, 0.4) is 0 Å². The van der Waals surface area contributed by atoms with E-state index in [0.29, 0.717) is 5.02 Å². The Morgan fingerprint density at radius 1 is 1.07 bits per heavy atom. The largest absolute Gasteiger partial charge is 0.497 e. The van der Waals surface area contributed by atoms with Crippen molar-refractivity contribution in [3.05, 3.63) is 70.4 Å². The molecular weight excluding hydrogens is 358 g/mol. The molecule has 3 aromatic rings. The molecule has 1 aromatic heterocycles. The molecule has 1 heterocycles. The quantitative estimate of drug-likeness (QED) is 0.658. The van der Waals surface area contributed by atoms with E-state index in [9.17, 15) is 0 Å². The van der Waals surface area contributed by atoms with Crippen LogP contribution in [0.25, 0.3) is 11.4 Å². The second kappa shape index (κ2) is 7.97. The minimum absolute atomic E-state index is 0.698. The minimum atomic E-state index is 0.698. The van der Waals surface area contributed by atoms with Gasteiger partial charge in [0.15, 0.2) is 5.82 Å². The number of anilines is 1. The lowest BCUT2D eigenvalue weighted by Crippen LogP contribution is -2.10. The van der Waals surface area contributed by atoms with Gasteiger partial charge in [-0.2, -0.15) is 0 Å². The summed E-state index contributed by atoms with van der Waals surface area (Å²) >= 11 is 6.15. The second-order valence-electron chi connectivity index (χ2n) is 6.71. The Bertz CT molecular complexity index is 958. The van der Waals surface area contributed by atoms with Gasteiger partial charge in [0.1, 0.15) is 11.6 Å². The van der Waals surface area contributed by atoms with Crippen LogP contribution in [0.5, 0.6) is 5.75 Å². The number of benzene rings is 2. The summed E-state index contributed by atoms with van der Waals surface area (Å²) in [6.45, 7) is 0.811. The van der Waals surface area contributed by atoms with Crippen LogP contribution in [0.15, 0.2) is 48.5 Å². The second-order valence-corrected chi connectivity index (χ2v) is 7.15. The Balaban J connectivity index is 1.55. The third kappa shape index (κ3) is 4.06. The molecule has 0 radical (unpaired) electrons. The van der Waals surface area contributed by atoms with Crippen molar-refractivity contribution in [3.63, 3.8) is 0 Å². The van der Waals surface area contributed by atoms with E-state index >= 15 is 0 Å². The molecule has 1 aliphatic rings. The van der Waals surface area contributed by atoms with Gasteiger partial charge in [-0.25, -0.2) is 9.97 Å². The molecule has 4 nitrogen and oxygen atoms in total. The molecule has 0 aliphatic heterocycles. The van der Waals surface area contributed by atoms with Crippen LogP contribution >= 0.6 is 11.6 Å². The summed E-state index contributed by atoms with van der Waals surface area (Å²) in [4.78, 5) is 9.60. The van der Waals surface area contributed by atoms with Gasteiger partial charge in [0.05, 0.1) is 7.11 Å². The summed E-state index contributed by atoms with van der Waals surface area (Å²) in [5.41, 5.74) is 4.60. The molecule has 0 amide bonds. The molecule has 0 saturated heterocycles. The summed E-state index contributed by atoms with van der Waals surface area (Å²) in [5, 5.41) is 4.23. The van der Waals surface area contributed by atoms with Gasteiger partial charge in [0.2, 0.25) is 0 Å². The lowest BCUT2D eigenvalue weighted by atomic mass is 10.1. The van der Waals surface area contributed by atoms with Gasteiger partial charge in [-0.05, 0) is 55.5 Å². The lowest BCUT2D eigenvalue weighted by Gasteiger charge is -2.13. The molecular formula is C22H22ClN3O. The third-order valence-corrected chi connectivity index (χ3v) is 5.09. The van der Waals surface area contributed by atoms with Crippen LogP contribution in [0.4, 0.5) is 5.82 Å². The Morgan fingerprint density at radius 3 is 2.81 bits per heavy atom. The maximum Gasteiger partial charge on any atom is 0.161 e. The fourth-order valence-corrected chi connectivity index (χ4v) is 3.68. The number of hydrogen-bond acceptors (Lipinski definition) is 4. The predicted molar refractivity (Wildman–Crippen MR) is 110 cm³/mol. The Morgan fingerprint density at radius 2 is 1.96 bits per heavy atom. The summed E-state index contributed by atoms with van der Waals surface area (Å²) in [7, 11) is 1.69.